The van der Waals surface area contributed by atoms with Gasteiger partial charge in [0.25, 0.3) is 5.56 Å². The Kier molecular flexibility index (Phi) is 4.14. The Bertz CT molecular complexity index is 869. The Morgan fingerprint density at radius 1 is 1.18 bits per heavy atom. The molecule has 2 rings (SSSR count). The van der Waals surface area contributed by atoms with Crippen LogP contribution in [0.1, 0.15) is 11.3 Å². The smallest absolute Gasteiger partial charge is 0.293 e. The van der Waals surface area contributed by atoms with Crippen molar-refractivity contribution in [3.63, 3.8) is 0 Å². The quantitative estimate of drug-likeness (QED) is 0.780. The number of aromatic nitrogens is 2. The Morgan fingerprint density at radius 3 is 2.32 bits per heavy atom. The molecule has 2 aromatic rings. The fourth-order valence-corrected chi connectivity index (χ4v) is 2.26. The molecule has 0 saturated heterocycles. The van der Waals surface area contributed by atoms with Gasteiger partial charge in [0.1, 0.15) is 11.5 Å². The van der Waals surface area contributed by atoms with E-state index in [-0.39, 0.29) is 10.7 Å². The molecular formula is C13H9Cl2F3N2O2. The van der Waals surface area contributed by atoms with Gasteiger partial charge in [0.2, 0.25) is 0 Å². The second kappa shape index (κ2) is 5.48. The lowest BCUT2D eigenvalue weighted by molar-refractivity contribution is 0.0846. The van der Waals surface area contributed by atoms with Crippen molar-refractivity contribution >= 4 is 23.2 Å². The van der Waals surface area contributed by atoms with Crippen molar-refractivity contribution in [2.45, 2.75) is 12.3 Å². The summed E-state index contributed by atoms with van der Waals surface area (Å²) in [5.41, 5.74) is -3.22. The van der Waals surface area contributed by atoms with E-state index in [1.807, 2.05) is 0 Å². The largest absolute Gasteiger partial charge is 0.363 e. The standard InChI is InChI=1S/C13H9Cl2F3N2O2/c1-6-3-9(8(16)4-7(6)14)20-11(21)5-10(13(15,17)18)19(2)12(20)22/h3-5H,1-2H3. The highest BCUT2D eigenvalue weighted by atomic mass is 35.5. The van der Waals surface area contributed by atoms with Gasteiger partial charge < -0.3 is 0 Å². The van der Waals surface area contributed by atoms with Gasteiger partial charge in [-0.1, -0.05) is 11.6 Å². The van der Waals surface area contributed by atoms with Gasteiger partial charge in [-0.25, -0.2) is 13.8 Å². The second-order valence-electron chi connectivity index (χ2n) is 4.60. The molecule has 0 spiro atoms. The normalized spacial score (nSPS) is 11.8. The number of rotatable bonds is 2. The zero-order valence-electron chi connectivity index (χ0n) is 11.3. The minimum absolute atomic E-state index is 0.107. The van der Waals surface area contributed by atoms with Crippen molar-refractivity contribution in [3.05, 3.63) is 61.1 Å². The minimum atomic E-state index is -3.90. The number of halogens is 5. The lowest BCUT2D eigenvalue weighted by Gasteiger charge is -2.15. The summed E-state index contributed by atoms with van der Waals surface area (Å²) < 4.78 is 41.2. The summed E-state index contributed by atoms with van der Waals surface area (Å²) in [5, 5.41) is -3.80. The molecule has 0 bridgehead atoms. The van der Waals surface area contributed by atoms with E-state index in [1.54, 1.807) is 6.92 Å². The molecule has 4 nitrogen and oxygen atoms in total. The third-order valence-corrected chi connectivity index (χ3v) is 3.68. The van der Waals surface area contributed by atoms with Crippen molar-refractivity contribution in [1.29, 1.82) is 0 Å². The number of aryl methyl sites for hydroxylation is 1. The molecule has 0 saturated carbocycles. The monoisotopic (exact) mass is 352 g/mol. The molecule has 22 heavy (non-hydrogen) atoms. The molecule has 0 aliphatic rings. The molecule has 1 aromatic carbocycles. The SMILES string of the molecule is Cc1cc(-n2c(=O)cc(C(F)(F)Cl)n(C)c2=O)c(F)cc1Cl. The average molecular weight is 353 g/mol. The molecule has 0 radical (unpaired) electrons. The molecule has 1 heterocycles. The molecule has 1 aromatic heterocycles. The Morgan fingerprint density at radius 2 is 1.77 bits per heavy atom. The molecule has 0 N–H and O–H groups in total. The van der Waals surface area contributed by atoms with E-state index in [0.717, 1.165) is 13.1 Å². The van der Waals surface area contributed by atoms with Crippen LogP contribution >= 0.6 is 23.2 Å². The van der Waals surface area contributed by atoms with Gasteiger partial charge in [-0.05, 0) is 36.2 Å². The zero-order valence-corrected chi connectivity index (χ0v) is 12.8. The van der Waals surface area contributed by atoms with Crippen LogP contribution in [0.2, 0.25) is 5.02 Å². The summed E-state index contributed by atoms with van der Waals surface area (Å²) >= 11 is 10.6. The summed E-state index contributed by atoms with van der Waals surface area (Å²) in [6, 6.07) is 2.60. The Hall–Kier alpha value is -1.73. The molecule has 0 aliphatic heterocycles. The lowest BCUT2D eigenvalue weighted by atomic mass is 10.2. The van der Waals surface area contributed by atoms with E-state index in [4.69, 9.17) is 23.2 Å². The molecule has 118 valence electrons. The van der Waals surface area contributed by atoms with Gasteiger partial charge in [-0.3, -0.25) is 9.36 Å². The van der Waals surface area contributed by atoms with Crippen molar-refractivity contribution in [3.8, 4) is 5.69 Å². The summed E-state index contributed by atoms with van der Waals surface area (Å²) in [6.45, 7) is 1.54. The van der Waals surface area contributed by atoms with Crippen molar-refractivity contribution in [2.24, 2.45) is 7.05 Å². The van der Waals surface area contributed by atoms with E-state index >= 15 is 0 Å². The fourth-order valence-electron chi connectivity index (χ4n) is 1.93. The minimum Gasteiger partial charge on any atom is -0.293 e. The highest BCUT2D eigenvalue weighted by molar-refractivity contribution is 6.31. The fraction of sp³-hybridized carbons (Fsp3) is 0.231. The highest BCUT2D eigenvalue weighted by Crippen LogP contribution is 2.30. The van der Waals surface area contributed by atoms with E-state index in [9.17, 15) is 22.8 Å². The maximum atomic E-state index is 14.0. The van der Waals surface area contributed by atoms with E-state index < -0.39 is 28.1 Å². The molecule has 0 amide bonds. The third-order valence-electron chi connectivity index (χ3n) is 3.08. The number of hydrogen-bond acceptors (Lipinski definition) is 2. The summed E-state index contributed by atoms with van der Waals surface area (Å²) in [4.78, 5) is 24.1. The second-order valence-corrected chi connectivity index (χ2v) is 5.48. The number of nitrogens with zero attached hydrogens (tertiary/aromatic N) is 2. The van der Waals surface area contributed by atoms with Crippen molar-refractivity contribution in [2.75, 3.05) is 0 Å². The predicted molar refractivity (Wildman–Crippen MR) is 76.7 cm³/mol. The van der Waals surface area contributed by atoms with Crippen LogP contribution in [0.4, 0.5) is 13.2 Å². The van der Waals surface area contributed by atoms with Crippen LogP contribution < -0.4 is 11.2 Å². The van der Waals surface area contributed by atoms with Crippen LogP contribution in [0, 0.1) is 12.7 Å². The molecule has 9 heteroatoms. The topological polar surface area (TPSA) is 44.0 Å². The third kappa shape index (κ3) is 2.78. The number of alkyl halides is 3. The van der Waals surface area contributed by atoms with Crippen LogP contribution in [-0.2, 0) is 12.4 Å². The number of benzene rings is 1. The maximum absolute atomic E-state index is 14.0. The molecule has 0 fully saturated rings. The van der Waals surface area contributed by atoms with Crippen LogP contribution in [0.15, 0.2) is 27.8 Å². The first-order valence-electron chi connectivity index (χ1n) is 5.90. The molecule has 0 atom stereocenters. The van der Waals surface area contributed by atoms with Gasteiger partial charge in [-0.15, -0.1) is 0 Å². The first kappa shape index (κ1) is 16.6. The first-order chi connectivity index (χ1) is 10.0. The van der Waals surface area contributed by atoms with Gasteiger partial charge in [0.05, 0.1) is 5.69 Å². The predicted octanol–water partition coefficient (Wildman–Crippen LogP) is 2.93. The van der Waals surface area contributed by atoms with Gasteiger partial charge in [0, 0.05) is 18.1 Å². The maximum Gasteiger partial charge on any atom is 0.363 e. The average Bonchev–Trinajstić information content (AvgIpc) is 2.38. The van der Waals surface area contributed by atoms with Crippen LogP contribution in [0.25, 0.3) is 5.69 Å². The summed E-state index contributed by atoms with van der Waals surface area (Å²) in [7, 11) is 1.00. The van der Waals surface area contributed by atoms with Crippen molar-refractivity contribution < 1.29 is 13.2 Å². The Balaban J connectivity index is 2.85. The van der Waals surface area contributed by atoms with Crippen LogP contribution in [0.3, 0.4) is 0 Å². The van der Waals surface area contributed by atoms with Crippen LogP contribution in [0.5, 0.6) is 0 Å². The molecule has 0 aliphatic carbocycles. The van der Waals surface area contributed by atoms with Crippen LogP contribution in [-0.4, -0.2) is 9.13 Å². The molecule has 0 unspecified atom stereocenters. The van der Waals surface area contributed by atoms with Gasteiger partial charge >= 0.3 is 11.1 Å². The summed E-state index contributed by atoms with van der Waals surface area (Å²) in [6.07, 6.45) is 0. The highest BCUT2D eigenvalue weighted by Gasteiger charge is 2.32. The lowest BCUT2D eigenvalue weighted by Crippen LogP contribution is -2.41. The first-order valence-corrected chi connectivity index (χ1v) is 6.66. The Labute approximate surface area is 132 Å². The molecular weight excluding hydrogens is 344 g/mol. The summed E-state index contributed by atoms with van der Waals surface area (Å²) in [5.74, 6) is -0.930. The van der Waals surface area contributed by atoms with E-state index in [2.05, 4.69) is 0 Å². The van der Waals surface area contributed by atoms with E-state index in [1.165, 1.54) is 6.07 Å². The number of hydrogen-bond donors (Lipinski definition) is 0. The van der Waals surface area contributed by atoms with E-state index in [0.29, 0.717) is 20.8 Å². The van der Waals surface area contributed by atoms with Gasteiger partial charge in [0.15, 0.2) is 0 Å². The van der Waals surface area contributed by atoms with Gasteiger partial charge in [-0.2, -0.15) is 8.78 Å². The van der Waals surface area contributed by atoms with Crippen molar-refractivity contribution in [1.82, 2.24) is 9.13 Å². The zero-order chi connectivity index (χ0) is 16.8.